The van der Waals surface area contributed by atoms with E-state index in [1.165, 1.54) is 10.4 Å². The van der Waals surface area contributed by atoms with Crippen LogP contribution >= 0.6 is 11.3 Å². The van der Waals surface area contributed by atoms with Gasteiger partial charge in [0.25, 0.3) is 0 Å². The molecule has 1 aliphatic heterocycles. The van der Waals surface area contributed by atoms with Crippen molar-refractivity contribution in [3.63, 3.8) is 0 Å². The normalized spacial score (nSPS) is 16.9. The molecule has 0 radical (unpaired) electrons. The van der Waals surface area contributed by atoms with Crippen LogP contribution in [0.4, 0.5) is 0 Å². The van der Waals surface area contributed by atoms with Crippen LogP contribution in [0, 0.1) is 0 Å². The van der Waals surface area contributed by atoms with Gasteiger partial charge in [-0.1, -0.05) is 0 Å². The summed E-state index contributed by atoms with van der Waals surface area (Å²) in [4.78, 5) is 12.3. The number of carbonyl (C=O) groups excluding carboxylic acids is 1. The summed E-state index contributed by atoms with van der Waals surface area (Å²) in [6, 6.07) is 2.11. The van der Waals surface area contributed by atoms with E-state index in [2.05, 4.69) is 16.8 Å². The lowest BCUT2D eigenvalue weighted by atomic mass is 10.2. The lowest BCUT2D eigenvalue weighted by Gasteiger charge is -1.94. The van der Waals surface area contributed by atoms with Crippen LogP contribution in [0.1, 0.15) is 10.4 Å². The van der Waals surface area contributed by atoms with Crippen LogP contribution in [0.5, 0.6) is 0 Å². The van der Waals surface area contributed by atoms with Crippen molar-refractivity contribution in [1.29, 1.82) is 0 Å². The Morgan fingerprint density at radius 2 is 2.45 bits per heavy atom. The van der Waals surface area contributed by atoms with E-state index in [0.29, 0.717) is 6.42 Å². The van der Waals surface area contributed by atoms with Crippen LogP contribution in [0.2, 0.25) is 0 Å². The molecule has 2 heterocycles. The topological polar surface area (TPSA) is 29.1 Å². The molecule has 0 spiro atoms. The van der Waals surface area contributed by atoms with E-state index < -0.39 is 0 Å². The fourth-order valence-electron chi connectivity index (χ4n) is 1.29. The lowest BCUT2D eigenvalue weighted by molar-refractivity contribution is -0.120. The molecular weight excluding hydrogens is 158 g/mol. The van der Waals surface area contributed by atoms with Crippen molar-refractivity contribution < 1.29 is 4.79 Å². The monoisotopic (exact) mass is 167 g/mol. The molecule has 0 bridgehead atoms. The summed E-state index contributed by atoms with van der Waals surface area (Å²) >= 11 is 1.68. The van der Waals surface area contributed by atoms with Crippen LogP contribution in [0.25, 0.3) is 0 Å². The van der Waals surface area contributed by atoms with Crippen molar-refractivity contribution in [2.75, 3.05) is 6.54 Å². The molecule has 1 aliphatic rings. The van der Waals surface area contributed by atoms with Crippen molar-refractivity contribution in [1.82, 2.24) is 5.32 Å². The fourth-order valence-corrected chi connectivity index (χ4v) is 2.22. The molecule has 1 N–H and O–H groups in total. The predicted octanol–water partition coefficient (Wildman–Crippen LogP) is 0.963. The first-order valence-electron chi connectivity index (χ1n) is 3.68. The number of nitrogens with one attached hydrogen (secondary N) is 1. The second-order valence-electron chi connectivity index (χ2n) is 2.65. The predicted molar refractivity (Wildman–Crippen MR) is 44.7 cm³/mol. The third-order valence-electron chi connectivity index (χ3n) is 1.88. The minimum Gasteiger partial charge on any atom is -0.355 e. The van der Waals surface area contributed by atoms with E-state index in [1.807, 2.05) is 0 Å². The first-order valence-corrected chi connectivity index (χ1v) is 4.56. The number of fused-ring (bicyclic) bond motifs is 1. The summed E-state index contributed by atoms with van der Waals surface area (Å²) in [5.74, 6) is 0.159. The van der Waals surface area contributed by atoms with Gasteiger partial charge >= 0.3 is 0 Å². The highest BCUT2D eigenvalue weighted by molar-refractivity contribution is 7.10. The Hall–Kier alpha value is -0.830. The number of hydrogen-bond acceptors (Lipinski definition) is 2. The van der Waals surface area contributed by atoms with Gasteiger partial charge in [0.1, 0.15) is 0 Å². The summed E-state index contributed by atoms with van der Waals surface area (Å²) in [6.45, 7) is 0.794. The maximum atomic E-state index is 11.0. The maximum absolute atomic E-state index is 11.0. The van der Waals surface area contributed by atoms with Crippen LogP contribution in [0.15, 0.2) is 11.4 Å². The van der Waals surface area contributed by atoms with Crippen molar-refractivity contribution in [2.45, 2.75) is 12.8 Å². The second kappa shape index (κ2) is 2.66. The number of amides is 1. The van der Waals surface area contributed by atoms with E-state index in [-0.39, 0.29) is 5.91 Å². The van der Waals surface area contributed by atoms with Crippen molar-refractivity contribution in [2.24, 2.45) is 0 Å². The highest BCUT2D eigenvalue weighted by Crippen LogP contribution is 2.19. The Labute approximate surface area is 69.2 Å². The van der Waals surface area contributed by atoms with Gasteiger partial charge in [-0.3, -0.25) is 4.79 Å². The molecule has 2 nitrogen and oxygen atoms in total. The lowest BCUT2D eigenvalue weighted by Crippen LogP contribution is -2.24. The first-order chi connectivity index (χ1) is 5.36. The molecule has 2 rings (SSSR count). The zero-order chi connectivity index (χ0) is 7.68. The minimum atomic E-state index is 0.159. The highest BCUT2D eigenvalue weighted by atomic mass is 32.1. The van der Waals surface area contributed by atoms with E-state index in [4.69, 9.17) is 0 Å². The molecule has 0 atom stereocenters. The number of thiophene rings is 1. The Balaban J connectivity index is 2.32. The summed E-state index contributed by atoms with van der Waals surface area (Å²) in [6.07, 6.45) is 1.57. The Morgan fingerprint density at radius 1 is 1.55 bits per heavy atom. The quantitative estimate of drug-likeness (QED) is 0.612. The molecule has 0 aromatic carbocycles. The third kappa shape index (κ3) is 1.28. The standard InChI is InChI=1S/C8H9NOS/c10-8-5-7-6(1-3-9-8)2-4-11-7/h2,4H,1,3,5H2,(H,9,10). The average Bonchev–Trinajstić information content (AvgIpc) is 2.31. The van der Waals surface area contributed by atoms with Gasteiger partial charge in [-0.25, -0.2) is 0 Å². The van der Waals surface area contributed by atoms with Gasteiger partial charge in [-0.15, -0.1) is 11.3 Å². The molecule has 11 heavy (non-hydrogen) atoms. The summed E-state index contributed by atoms with van der Waals surface area (Å²) in [7, 11) is 0. The summed E-state index contributed by atoms with van der Waals surface area (Å²) < 4.78 is 0. The van der Waals surface area contributed by atoms with Crippen LogP contribution in [-0.2, 0) is 17.6 Å². The molecule has 1 aromatic rings. The highest BCUT2D eigenvalue weighted by Gasteiger charge is 2.12. The van der Waals surface area contributed by atoms with E-state index in [0.717, 1.165) is 13.0 Å². The van der Waals surface area contributed by atoms with Gasteiger partial charge in [0.05, 0.1) is 6.42 Å². The van der Waals surface area contributed by atoms with E-state index in [1.54, 1.807) is 11.3 Å². The molecule has 1 amide bonds. The SMILES string of the molecule is O=C1Cc2sccc2CCN1. The van der Waals surface area contributed by atoms with Gasteiger partial charge in [-0.2, -0.15) is 0 Å². The van der Waals surface area contributed by atoms with Crippen molar-refractivity contribution in [3.05, 3.63) is 21.9 Å². The second-order valence-corrected chi connectivity index (χ2v) is 3.65. The molecule has 58 valence electrons. The third-order valence-corrected chi connectivity index (χ3v) is 2.84. The Kier molecular flexibility index (Phi) is 1.66. The summed E-state index contributed by atoms with van der Waals surface area (Å²) in [5, 5.41) is 4.90. The molecule has 0 fully saturated rings. The molecule has 1 aromatic heterocycles. The molecule has 3 heteroatoms. The maximum Gasteiger partial charge on any atom is 0.225 e. The molecule has 0 saturated heterocycles. The van der Waals surface area contributed by atoms with Gasteiger partial charge < -0.3 is 5.32 Å². The number of carbonyl (C=O) groups is 1. The Morgan fingerprint density at radius 3 is 3.36 bits per heavy atom. The van der Waals surface area contributed by atoms with Crippen molar-refractivity contribution >= 4 is 17.2 Å². The van der Waals surface area contributed by atoms with Gasteiger partial charge in [0.15, 0.2) is 0 Å². The van der Waals surface area contributed by atoms with Crippen molar-refractivity contribution in [3.8, 4) is 0 Å². The molecule has 0 aliphatic carbocycles. The van der Waals surface area contributed by atoms with Crippen LogP contribution < -0.4 is 5.32 Å². The fraction of sp³-hybridized carbons (Fsp3) is 0.375. The van der Waals surface area contributed by atoms with E-state index >= 15 is 0 Å². The largest absolute Gasteiger partial charge is 0.355 e. The van der Waals surface area contributed by atoms with Gasteiger partial charge in [0.2, 0.25) is 5.91 Å². The zero-order valence-corrected chi connectivity index (χ0v) is 6.91. The minimum absolute atomic E-state index is 0.159. The first kappa shape index (κ1) is 6.85. The van der Waals surface area contributed by atoms with Gasteiger partial charge in [0, 0.05) is 11.4 Å². The summed E-state index contributed by atoms with van der Waals surface area (Å²) in [5.41, 5.74) is 1.34. The van der Waals surface area contributed by atoms with Gasteiger partial charge in [-0.05, 0) is 23.4 Å². The molecular formula is C8H9NOS. The number of hydrogen-bond donors (Lipinski definition) is 1. The Bertz CT molecular complexity index is 279. The van der Waals surface area contributed by atoms with E-state index in [9.17, 15) is 4.79 Å². The van der Waals surface area contributed by atoms with Crippen LogP contribution in [0.3, 0.4) is 0 Å². The number of rotatable bonds is 0. The zero-order valence-electron chi connectivity index (χ0n) is 6.09. The molecule has 0 unspecified atom stereocenters. The van der Waals surface area contributed by atoms with Crippen LogP contribution in [-0.4, -0.2) is 12.5 Å². The molecule has 0 saturated carbocycles. The average molecular weight is 167 g/mol. The smallest absolute Gasteiger partial charge is 0.225 e.